The molecule has 0 atom stereocenters. The molecule has 3 heteroatoms. The van der Waals surface area contributed by atoms with Crippen molar-refractivity contribution in [2.24, 2.45) is 11.8 Å². The molecular weight excluding hydrogens is 450 g/mol. The molecular formula is C24H34Cl2Zr. The van der Waals surface area contributed by atoms with Gasteiger partial charge in [0, 0.05) is 0 Å². The van der Waals surface area contributed by atoms with Crippen LogP contribution in [0.2, 0.25) is 0 Å². The molecule has 0 nitrogen and oxygen atoms in total. The zero-order valence-corrected chi connectivity index (χ0v) is 20.6. The van der Waals surface area contributed by atoms with Crippen molar-refractivity contribution in [3.8, 4) is 0 Å². The van der Waals surface area contributed by atoms with Gasteiger partial charge in [-0.05, 0) is 11.8 Å². The van der Waals surface area contributed by atoms with Gasteiger partial charge in [0.05, 0.1) is 0 Å². The SMILES string of the molecule is [C-]1=C(CC2CCCCC2)C=CC1.[C-]1=C(CC2CCCCC2)C=CC1.[Cl][Zr+2][Cl]. The molecule has 2 fully saturated rings. The fourth-order valence-corrected chi connectivity index (χ4v) is 4.59. The van der Waals surface area contributed by atoms with Crippen LogP contribution in [0.4, 0.5) is 0 Å². The van der Waals surface area contributed by atoms with Gasteiger partial charge in [0.1, 0.15) is 0 Å². The Hall–Kier alpha value is 0.423. The van der Waals surface area contributed by atoms with Crippen molar-refractivity contribution >= 4 is 17.0 Å². The average Bonchev–Trinajstić information content (AvgIpc) is 3.39. The summed E-state index contributed by atoms with van der Waals surface area (Å²) in [6, 6.07) is 0. The zero-order chi connectivity index (χ0) is 19.2. The minimum absolute atomic E-state index is 0.826. The maximum atomic E-state index is 4.93. The second-order valence-corrected chi connectivity index (χ2v) is 11.8. The summed E-state index contributed by atoms with van der Waals surface area (Å²) in [5, 5.41) is 0. The second kappa shape index (κ2) is 15.3. The van der Waals surface area contributed by atoms with E-state index in [1.165, 1.54) is 88.2 Å². The van der Waals surface area contributed by atoms with Crippen molar-refractivity contribution in [3.05, 3.63) is 47.6 Å². The van der Waals surface area contributed by atoms with Gasteiger partial charge in [-0.3, -0.25) is 12.2 Å². The van der Waals surface area contributed by atoms with Crippen LogP contribution in [0.15, 0.2) is 35.5 Å². The molecule has 0 aromatic rings. The summed E-state index contributed by atoms with van der Waals surface area (Å²) in [5.74, 6) is 1.95. The summed E-state index contributed by atoms with van der Waals surface area (Å²) in [4.78, 5) is 0. The van der Waals surface area contributed by atoms with Crippen molar-refractivity contribution in [1.82, 2.24) is 0 Å². The quantitative estimate of drug-likeness (QED) is 0.350. The van der Waals surface area contributed by atoms with E-state index in [1.807, 2.05) is 0 Å². The molecule has 2 saturated carbocycles. The first-order valence-electron chi connectivity index (χ1n) is 10.8. The molecule has 27 heavy (non-hydrogen) atoms. The Labute approximate surface area is 186 Å². The predicted octanol–water partition coefficient (Wildman–Crippen LogP) is 8.67. The summed E-state index contributed by atoms with van der Waals surface area (Å²) in [6.45, 7) is 0. The van der Waals surface area contributed by atoms with E-state index in [4.69, 9.17) is 17.0 Å². The van der Waals surface area contributed by atoms with Crippen molar-refractivity contribution in [3.63, 3.8) is 0 Å². The molecule has 0 radical (unpaired) electrons. The van der Waals surface area contributed by atoms with Gasteiger partial charge in [-0.2, -0.15) is 12.2 Å². The Bertz CT molecular complexity index is 460. The van der Waals surface area contributed by atoms with Crippen LogP contribution in [0.1, 0.15) is 89.9 Å². The monoisotopic (exact) mass is 482 g/mol. The van der Waals surface area contributed by atoms with Crippen molar-refractivity contribution in [1.29, 1.82) is 0 Å². The molecule has 0 aromatic carbocycles. The van der Waals surface area contributed by atoms with Crippen molar-refractivity contribution in [2.45, 2.75) is 89.9 Å². The van der Waals surface area contributed by atoms with E-state index in [-0.39, 0.29) is 0 Å². The van der Waals surface area contributed by atoms with Gasteiger partial charge in [0.25, 0.3) is 0 Å². The Morgan fingerprint density at radius 1 is 0.704 bits per heavy atom. The van der Waals surface area contributed by atoms with Crippen LogP contribution in [0.5, 0.6) is 0 Å². The Morgan fingerprint density at radius 3 is 1.37 bits per heavy atom. The molecule has 148 valence electrons. The predicted molar refractivity (Wildman–Crippen MR) is 115 cm³/mol. The molecule has 4 rings (SSSR count). The van der Waals surface area contributed by atoms with E-state index in [1.54, 1.807) is 0 Å². The molecule has 0 heterocycles. The van der Waals surface area contributed by atoms with Gasteiger partial charge in [-0.15, -0.1) is 12.8 Å². The molecule has 0 spiro atoms. The van der Waals surface area contributed by atoms with Crippen LogP contribution in [-0.4, -0.2) is 0 Å². The molecule has 4 aliphatic carbocycles. The standard InChI is InChI=1S/2C12H17.2ClH.Zr/c2*1-2-6-11(7-3-1)10-12-8-4-5-9-12;;;/h2*4,8,11H,1-3,5-7,10H2;2*1H;/q2*-1;;;+4/p-2. The summed E-state index contributed by atoms with van der Waals surface area (Å²) in [7, 11) is 9.87. The number of allylic oxidation sites excluding steroid dienone is 8. The molecule has 0 bridgehead atoms. The second-order valence-electron chi connectivity index (χ2n) is 8.10. The van der Waals surface area contributed by atoms with Gasteiger partial charge in [0.2, 0.25) is 0 Å². The van der Waals surface area contributed by atoms with Crippen molar-refractivity contribution in [2.75, 3.05) is 0 Å². The molecule has 0 aliphatic heterocycles. The third-order valence-electron chi connectivity index (χ3n) is 6.00. The normalized spacial score (nSPS) is 22.1. The number of hydrogen-bond donors (Lipinski definition) is 0. The molecule has 0 aromatic heterocycles. The van der Waals surface area contributed by atoms with E-state index in [0.717, 1.165) is 24.7 Å². The molecule has 0 N–H and O–H groups in total. The first-order chi connectivity index (χ1) is 13.3. The van der Waals surface area contributed by atoms with Gasteiger partial charge in [0.15, 0.2) is 0 Å². The first-order valence-corrected chi connectivity index (χ1v) is 17.1. The van der Waals surface area contributed by atoms with E-state index in [9.17, 15) is 0 Å². The van der Waals surface area contributed by atoms with Crippen molar-refractivity contribution < 1.29 is 20.8 Å². The average molecular weight is 485 g/mol. The third kappa shape index (κ3) is 10.7. The first kappa shape index (κ1) is 23.7. The summed E-state index contributed by atoms with van der Waals surface area (Å²) < 4.78 is 0. The minimum atomic E-state index is -0.826. The van der Waals surface area contributed by atoms with Crippen LogP contribution in [0, 0.1) is 24.0 Å². The fourth-order valence-electron chi connectivity index (χ4n) is 4.59. The Kier molecular flexibility index (Phi) is 13.4. The van der Waals surface area contributed by atoms with Crippen LogP contribution in [0.25, 0.3) is 0 Å². The topological polar surface area (TPSA) is 0 Å². The van der Waals surface area contributed by atoms with Crippen LogP contribution >= 0.6 is 17.0 Å². The van der Waals surface area contributed by atoms with E-state index < -0.39 is 20.8 Å². The van der Waals surface area contributed by atoms with Crippen LogP contribution in [0.3, 0.4) is 0 Å². The number of halogens is 2. The van der Waals surface area contributed by atoms with Crippen LogP contribution in [-0.2, 0) is 20.8 Å². The fraction of sp³-hybridized carbons (Fsp3) is 0.667. The molecule has 0 amide bonds. The van der Waals surface area contributed by atoms with E-state index in [2.05, 4.69) is 36.5 Å². The van der Waals surface area contributed by atoms with Crippen LogP contribution < -0.4 is 0 Å². The summed E-state index contributed by atoms with van der Waals surface area (Å²) in [6.07, 6.45) is 35.1. The summed E-state index contributed by atoms with van der Waals surface area (Å²) in [5.41, 5.74) is 2.95. The number of rotatable bonds is 4. The van der Waals surface area contributed by atoms with E-state index >= 15 is 0 Å². The maximum absolute atomic E-state index is 4.93. The molecule has 0 unspecified atom stereocenters. The summed E-state index contributed by atoms with van der Waals surface area (Å²) >= 11 is -0.826. The Morgan fingerprint density at radius 2 is 1.07 bits per heavy atom. The zero-order valence-electron chi connectivity index (χ0n) is 16.6. The van der Waals surface area contributed by atoms with Gasteiger partial charge >= 0.3 is 37.9 Å². The number of hydrogen-bond acceptors (Lipinski definition) is 0. The van der Waals surface area contributed by atoms with E-state index in [0.29, 0.717) is 0 Å². The van der Waals surface area contributed by atoms with Gasteiger partial charge < -0.3 is 0 Å². The Balaban J connectivity index is 0.000000170. The van der Waals surface area contributed by atoms with Gasteiger partial charge in [-0.25, -0.2) is 23.3 Å². The molecule has 0 saturated heterocycles. The van der Waals surface area contributed by atoms with Gasteiger partial charge in [-0.1, -0.05) is 77.0 Å². The molecule has 4 aliphatic rings. The third-order valence-corrected chi connectivity index (χ3v) is 6.00.